The minimum atomic E-state index is -0.652. The van der Waals surface area contributed by atoms with E-state index < -0.39 is 16.3 Å². The van der Waals surface area contributed by atoms with Gasteiger partial charge in [0.2, 0.25) is 5.43 Å². The lowest BCUT2D eigenvalue weighted by Crippen LogP contribution is -2.33. The molecule has 0 aliphatic rings. The van der Waals surface area contributed by atoms with Gasteiger partial charge in [0.1, 0.15) is 11.3 Å². The normalized spacial score (nSPS) is 10.9. The van der Waals surface area contributed by atoms with Crippen LogP contribution in [-0.2, 0) is 6.42 Å². The van der Waals surface area contributed by atoms with Crippen molar-refractivity contribution in [2.45, 2.75) is 13.3 Å². The van der Waals surface area contributed by atoms with Gasteiger partial charge in [0.05, 0.1) is 10.6 Å². The second kappa shape index (κ2) is 8.19. The number of rotatable bonds is 6. The maximum atomic E-state index is 12.6. The largest absolute Gasteiger partial charge is 0.350 e. The van der Waals surface area contributed by atoms with Crippen molar-refractivity contribution in [2.24, 2.45) is 0 Å². The van der Waals surface area contributed by atoms with Crippen LogP contribution >= 0.6 is 0 Å². The van der Waals surface area contributed by atoms with Crippen molar-refractivity contribution in [3.8, 4) is 5.69 Å². The first-order chi connectivity index (χ1) is 14.9. The molecular formula is C21H18N6O4. The summed E-state index contributed by atoms with van der Waals surface area (Å²) in [5.41, 5.74) is 1.07. The van der Waals surface area contributed by atoms with E-state index in [1.807, 2.05) is 35.0 Å². The van der Waals surface area contributed by atoms with E-state index >= 15 is 0 Å². The number of benzene rings is 1. The molecule has 0 spiro atoms. The van der Waals surface area contributed by atoms with E-state index in [-0.39, 0.29) is 23.6 Å². The van der Waals surface area contributed by atoms with Crippen LogP contribution in [0.25, 0.3) is 11.3 Å². The minimum absolute atomic E-state index is 0.170. The first kappa shape index (κ1) is 20.0. The number of para-hydroxylation sites is 2. The van der Waals surface area contributed by atoms with Crippen LogP contribution in [0.3, 0.4) is 0 Å². The fourth-order valence-electron chi connectivity index (χ4n) is 3.24. The van der Waals surface area contributed by atoms with Crippen molar-refractivity contribution in [1.29, 1.82) is 0 Å². The second-order valence-corrected chi connectivity index (χ2v) is 6.86. The molecule has 1 N–H and O–H groups in total. The summed E-state index contributed by atoms with van der Waals surface area (Å²) < 4.78 is 3.11. The smallest absolute Gasteiger partial charge is 0.294 e. The van der Waals surface area contributed by atoms with Crippen molar-refractivity contribution in [1.82, 2.24) is 24.5 Å². The maximum absolute atomic E-state index is 12.6. The highest BCUT2D eigenvalue weighted by molar-refractivity contribution is 5.92. The van der Waals surface area contributed by atoms with Crippen LogP contribution in [0.5, 0.6) is 0 Å². The number of nitrogens with zero attached hydrogens (tertiary/aromatic N) is 5. The van der Waals surface area contributed by atoms with Crippen LogP contribution in [0, 0.1) is 17.0 Å². The van der Waals surface area contributed by atoms with Crippen LogP contribution in [0.15, 0.2) is 65.7 Å². The van der Waals surface area contributed by atoms with Crippen LogP contribution in [0.1, 0.15) is 21.9 Å². The molecule has 10 heteroatoms. The monoisotopic (exact) mass is 418 g/mol. The van der Waals surface area contributed by atoms with Crippen LogP contribution in [-0.4, -0.2) is 36.5 Å². The molecule has 0 fully saturated rings. The number of aryl methyl sites for hydroxylation is 1. The fourth-order valence-corrected chi connectivity index (χ4v) is 3.24. The van der Waals surface area contributed by atoms with Crippen molar-refractivity contribution in [3.05, 3.63) is 98.3 Å². The quantitative estimate of drug-likeness (QED) is 0.378. The molecule has 10 nitrogen and oxygen atoms in total. The zero-order valence-corrected chi connectivity index (χ0v) is 16.6. The topological polar surface area (TPSA) is 124 Å². The molecule has 0 saturated heterocycles. The Morgan fingerprint density at radius 2 is 1.97 bits per heavy atom. The Labute approximate surface area is 175 Å². The molecule has 1 aromatic carbocycles. The predicted octanol–water partition coefficient (Wildman–Crippen LogP) is 2.07. The molecule has 0 saturated carbocycles. The van der Waals surface area contributed by atoms with E-state index in [1.165, 1.54) is 28.9 Å². The highest BCUT2D eigenvalue weighted by atomic mass is 16.6. The van der Waals surface area contributed by atoms with E-state index in [0.29, 0.717) is 12.1 Å². The summed E-state index contributed by atoms with van der Waals surface area (Å²) in [7, 11) is 0. The van der Waals surface area contributed by atoms with Crippen molar-refractivity contribution < 1.29 is 9.72 Å². The van der Waals surface area contributed by atoms with Gasteiger partial charge in [-0.1, -0.05) is 18.2 Å². The summed E-state index contributed by atoms with van der Waals surface area (Å²) in [6.45, 7) is 1.85. The molecule has 31 heavy (non-hydrogen) atoms. The third-order valence-electron chi connectivity index (χ3n) is 4.71. The van der Waals surface area contributed by atoms with E-state index in [9.17, 15) is 19.7 Å². The molecule has 3 aromatic heterocycles. The number of hydrogen-bond acceptors (Lipinski definition) is 6. The van der Waals surface area contributed by atoms with Crippen LogP contribution in [0.4, 0.5) is 5.69 Å². The first-order valence-electron chi connectivity index (χ1n) is 9.49. The van der Waals surface area contributed by atoms with Gasteiger partial charge in [0.25, 0.3) is 11.6 Å². The Morgan fingerprint density at radius 3 is 2.74 bits per heavy atom. The number of pyridine rings is 1. The standard InChI is InChI=1S/C21H18N6O4/c1-14-12-18(28)20(24-26(14)16-6-2-3-7-17(16)27(30)31)21(29)22-10-9-15-13-25-11-5-4-8-19(25)23-15/h2-8,11-13H,9-10H2,1H3,(H,22,29). The van der Waals surface area contributed by atoms with Gasteiger partial charge < -0.3 is 9.72 Å². The summed E-state index contributed by atoms with van der Waals surface area (Å²) in [6.07, 6.45) is 4.22. The fraction of sp³-hybridized carbons (Fsp3) is 0.143. The average Bonchev–Trinajstić information content (AvgIpc) is 3.16. The summed E-state index contributed by atoms with van der Waals surface area (Å²) in [5, 5.41) is 18.1. The number of carbonyl (C=O) groups is 1. The Morgan fingerprint density at radius 1 is 1.19 bits per heavy atom. The molecule has 0 aliphatic carbocycles. The lowest BCUT2D eigenvalue weighted by atomic mass is 10.2. The van der Waals surface area contributed by atoms with E-state index in [0.717, 1.165) is 11.3 Å². The van der Waals surface area contributed by atoms with E-state index in [4.69, 9.17) is 0 Å². The lowest BCUT2D eigenvalue weighted by molar-refractivity contribution is -0.384. The summed E-state index contributed by atoms with van der Waals surface area (Å²) in [6, 6.07) is 12.9. The van der Waals surface area contributed by atoms with Gasteiger partial charge in [-0.25, -0.2) is 9.67 Å². The summed E-state index contributed by atoms with van der Waals surface area (Å²) >= 11 is 0. The number of nitrogens with one attached hydrogen (secondary N) is 1. The number of fused-ring (bicyclic) bond motifs is 1. The molecular weight excluding hydrogens is 400 g/mol. The third-order valence-corrected chi connectivity index (χ3v) is 4.71. The van der Waals surface area contributed by atoms with Crippen molar-refractivity contribution in [3.63, 3.8) is 0 Å². The number of aromatic nitrogens is 4. The molecule has 0 atom stereocenters. The number of carbonyl (C=O) groups excluding carboxylic acids is 1. The number of nitro benzene ring substituents is 1. The zero-order chi connectivity index (χ0) is 22.0. The zero-order valence-electron chi connectivity index (χ0n) is 16.6. The Bertz CT molecular complexity index is 1320. The highest BCUT2D eigenvalue weighted by Gasteiger charge is 2.20. The first-order valence-corrected chi connectivity index (χ1v) is 9.49. The molecule has 3 heterocycles. The SMILES string of the molecule is Cc1cc(=O)c(C(=O)NCCc2cn3ccccc3n2)nn1-c1ccccc1[N+](=O)[O-]. The average molecular weight is 418 g/mol. The van der Waals surface area contributed by atoms with E-state index in [1.54, 1.807) is 13.0 Å². The third kappa shape index (κ3) is 4.04. The second-order valence-electron chi connectivity index (χ2n) is 6.86. The summed E-state index contributed by atoms with van der Waals surface area (Å²) in [5.74, 6) is -0.652. The molecule has 4 aromatic rings. The van der Waals surface area contributed by atoms with Gasteiger partial charge in [0.15, 0.2) is 5.69 Å². The molecule has 0 bridgehead atoms. The summed E-state index contributed by atoms with van der Waals surface area (Å²) in [4.78, 5) is 40.2. The number of nitro groups is 1. The number of amides is 1. The molecule has 0 aliphatic heterocycles. The van der Waals surface area contributed by atoms with Gasteiger partial charge in [-0.3, -0.25) is 19.7 Å². The Hall–Kier alpha value is -4.34. The van der Waals surface area contributed by atoms with Gasteiger partial charge in [-0.05, 0) is 25.1 Å². The Balaban J connectivity index is 1.55. The van der Waals surface area contributed by atoms with Gasteiger partial charge in [-0.2, -0.15) is 5.10 Å². The molecule has 1 amide bonds. The number of imidazole rings is 1. The molecule has 0 unspecified atom stereocenters. The molecule has 0 radical (unpaired) electrons. The molecule has 4 rings (SSSR count). The minimum Gasteiger partial charge on any atom is -0.350 e. The van der Waals surface area contributed by atoms with Crippen LogP contribution in [0.2, 0.25) is 0 Å². The predicted molar refractivity (Wildman–Crippen MR) is 112 cm³/mol. The van der Waals surface area contributed by atoms with E-state index in [2.05, 4.69) is 15.4 Å². The van der Waals surface area contributed by atoms with Gasteiger partial charge in [0, 0.05) is 43.2 Å². The van der Waals surface area contributed by atoms with Crippen molar-refractivity contribution in [2.75, 3.05) is 6.54 Å². The highest BCUT2D eigenvalue weighted by Crippen LogP contribution is 2.22. The number of hydrogen-bond donors (Lipinski definition) is 1. The van der Waals surface area contributed by atoms with Crippen LogP contribution < -0.4 is 10.7 Å². The lowest BCUT2D eigenvalue weighted by Gasteiger charge is -2.11. The Kier molecular flexibility index (Phi) is 5.27. The maximum Gasteiger partial charge on any atom is 0.294 e. The van der Waals surface area contributed by atoms with Gasteiger partial charge >= 0.3 is 0 Å². The van der Waals surface area contributed by atoms with Gasteiger partial charge in [-0.15, -0.1) is 0 Å². The van der Waals surface area contributed by atoms with Crippen molar-refractivity contribution >= 4 is 17.2 Å². The molecule has 156 valence electrons.